The summed E-state index contributed by atoms with van der Waals surface area (Å²) < 4.78 is 37.6. The van der Waals surface area contributed by atoms with Crippen LogP contribution in [0, 0.1) is 0 Å². The Morgan fingerprint density at radius 3 is 2.46 bits per heavy atom. The van der Waals surface area contributed by atoms with Gasteiger partial charge >= 0.3 is 6.18 Å². The molecule has 2 aromatic rings. The Balaban J connectivity index is 0.00000288. The van der Waals surface area contributed by atoms with Gasteiger partial charge in [-0.1, -0.05) is 30.3 Å². The minimum atomic E-state index is -4.40. The fourth-order valence-corrected chi connectivity index (χ4v) is 2.52. The maximum absolute atomic E-state index is 12.5. The van der Waals surface area contributed by atoms with Crippen molar-refractivity contribution >= 4 is 41.3 Å². The second-order valence-corrected chi connectivity index (χ2v) is 5.94. The lowest BCUT2D eigenvalue weighted by Crippen LogP contribution is -2.36. The lowest BCUT2D eigenvalue weighted by molar-refractivity contribution is -0.140. The lowest BCUT2D eigenvalue weighted by atomic mass is 10.2. The van der Waals surface area contributed by atoms with Crippen LogP contribution in [0.3, 0.4) is 0 Å². The van der Waals surface area contributed by atoms with Crippen molar-refractivity contribution in [2.24, 2.45) is 4.99 Å². The van der Waals surface area contributed by atoms with E-state index in [1.165, 1.54) is 0 Å². The van der Waals surface area contributed by atoms with Crippen molar-refractivity contribution in [2.45, 2.75) is 19.3 Å². The summed E-state index contributed by atoms with van der Waals surface area (Å²) in [6.45, 7) is 0.694. The SMILES string of the molecule is CN(C)C(=NCc1ccccc1)NCc1nc(C(F)(F)F)cs1.I. The van der Waals surface area contributed by atoms with Crippen LogP contribution in [0.4, 0.5) is 13.2 Å². The summed E-state index contributed by atoms with van der Waals surface area (Å²) >= 11 is 0.977. The van der Waals surface area contributed by atoms with E-state index in [0.29, 0.717) is 17.5 Å². The third-order valence-electron chi connectivity index (χ3n) is 2.92. The van der Waals surface area contributed by atoms with Gasteiger partial charge in [-0.25, -0.2) is 9.98 Å². The molecule has 9 heteroatoms. The molecule has 0 spiro atoms. The van der Waals surface area contributed by atoms with E-state index < -0.39 is 11.9 Å². The Kier molecular flexibility index (Phi) is 7.94. The van der Waals surface area contributed by atoms with Gasteiger partial charge in [-0.3, -0.25) is 0 Å². The van der Waals surface area contributed by atoms with Gasteiger partial charge in [-0.15, -0.1) is 35.3 Å². The van der Waals surface area contributed by atoms with Crippen molar-refractivity contribution in [1.82, 2.24) is 15.2 Å². The maximum Gasteiger partial charge on any atom is 0.434 e. The molecule has 132 valence electrons. The van der Waals surface area contributed by atoms with E-state index in [-0.39, 0.29) is 30.5 Å². The molecule has 4 nitrogen and oxygen atoms in total. The summed E-state index contributed by atoms with van der Waals surface area (Å²) in [7, 11) is 3.64. The third-order valence-corrected chi connectivity index (χ3v) is 3.77. The molecule has 0 fully saturated rings. The minimum absolute atomic E-state index is 0. The van der Waals surface area contributed by atoms with Crippen molar-refractivity contribution in [3.63, 3.8) is 0 Å². The average Bonchev–Trinajstić information content (AvgIpc) is 2.97. The van der Waals surface area contributed by atoms with Crippen LogP contribution in [0.1, 0.15) is 16.3 Å². The molecule has 0 saturated heterocycles. The quantitative estimate of drug-likeness (QED) is 0.418. The number of alkyl halides is 3. The number of aromatic nitrogens is 1. The van der Waals surface area contributed by atoms with E-state index in [1.54, 1.807) is 4.90 Å². The van der Waals surface area contributed by atoms with Crippen LogP contribution in [0.25, 0.3) is 0 Å². The highest BCUT2D eigenvalue weighted by atomic mass is 127. The highest BCUT2D eigenvalue weighted by Gasteiger charge is 2.33. The Labute approximate surface area is 159 Å². The van der Waals surface area contributed by atoms with Crippen molar-refractivity contribution < 1.29 is 13.2 Å². The number of rotatable bonds is 4. The van der Waals surface area contributed by atoms with Crippen LogP contribution >= 0.6 is 35.3 Å². The number of halogens is 4. The summed E-state index contributed by atoms with van der Waals surface area (Å²) in [6, 6.07) is 9.73. The molecule has 0 aliphatic carbocycles. The van der Waals surface area contributed by atoms with Crippen molar-refractivity contribution in [1.29, 1.82) is 0 Å². The zero-order chi connectivity index (χ0) is 16.9. The molecule has 0 saturated carbocycles. The van der Waals surface area contributed by atoms with Crippen LogP contribution in [0.15, 0.2) is 40.7 Å². The largest absolute Gasteiger partial charge is 0.434 e. The molecule has 1 heterocycles. The van der Waals surface area contributed by atoms with Crippen molar-refractivity contribution in [3.8, 4) is 0 Å². The normalized spacial score (nSPS) is 11.8. The Morgan fingerprint density at radius 2 is 1.92 bits per heavy atom. The van der Waals surface area contributed by atoms with Crippen molar-refractivity contribution in [3.05, 3.63) is 52.0 Å². The number of benzene rings is 1. The summed E-state index contributed by atoms with van der Waals surface area (Å²) in [4.78, 5) is 9.82. The van der Waals surface area contributed by atoms with E-state index in [2.05, 4.69) is 15.3 Å². The van der Waals surface area contributed by atoms with Gasteiger partial charge in [0.05, 0.1) is 13.1 Å². The van der Waals surface area contributed by atoms with E-state index in [1.807, 2.05) is 44.4 Å². The molecular weight excluding hydrogens is 452 g/mol. The fraction of sp³-hybridized carbons (Fsp3) is 0.333. The number of hydrogen-bond acceptors (Lipinski definition) is 3. The lowest BCUT2D eigenvalue weighted by Gasteiger charge is -2.17. The van der Waals surface area contributed by atoms with Gasteiger partial charge in [0.15, 0.2) is 11.7 Å². The first-order chi connectivity index (χ1) is 10.9. The zero-order valence-corrected chi connectivity index (χ0v) is 16.3. The number of hydrogen-bond donors (Lipinski definition) is 1. The second-order valence-electron chi connectivity index (χ2n) is 5.00. The summed E-state index contributed by atoms with van der Waals surface area (Å²) in [5, 5.41) is 4.42. The maximum atomic E-state index is 12.5. The minimum Gasteiger partial charge on any atom is -0.350 e. The third kappa shape index (κ3) is 6.27. The molecule has 1 aromatic carbocycles. The fourth-order valence-electron chi connectivity index (χ4n) is 1.78. The molecule has 2 rings (SSSR count). The standard InChI is InChI=1S/C15H17F3N4S.HI/c1-22(2)14(19-8-11-6-4-3-5-7-11)20-9-13-21-12(10-23-13)15(16,17)18;/h3-7,10H,8-9H2,1-2H3,(H,19,20);1H. The highest BCUT2D eigenvalue weighted by Crippen LogP contribution is 2.29. The van der Waals surface area contributed by atoms with Crippen LogP contribution in [-0.2, 0) is 19.3 Å². The van der Waals surface area contributed by atoms with E-state index in [9.17, 15) is 13.2 Å². The molecule has 0 aliphatic heterocycles. The highest BCUT2D eigenvalue weighted by molar-refractivity contribution is 14.0. The topological polar surface area (TPSA) is 40.5 Å². The van der Waals surface area contributed by atoms with Crippen LogP contribution < -0.4 is 5.32 Å². The molecule has 24 heavy (non-hydrogen) atoms. The number of nitrogens with zero attached hydrogens (tertiary/aromatic N) is 3. The van der Waals surface area contributed by atoms with E-state index in [0.717, 1.165) is 22.3 Å². The molecule has 0 aliphatic rings. The Bertz CT molecular complexity index is 656. The summed E-state index contributed by atoms with van der Waals surface area (Å²) in [5.74, 6) is 0.595. The number of nitrogens with one attached hydrogen (secondary N) is 1. The first-order valence-corrected chi connectivity index (χ1v) is 7.75. The van der Waals surface area contributed by atoms with Gasteiger partial charge in [0.25, 0.3) is 0 Å². The van der Waals surface area contributed by atoms with Gasteiger partial charge in [0.2, 0.25) is 0 Å². The van der Waals surface area contributed by atoms with Crippen LogP contribution in [0.5, 0.6) is 0 Å². The van der Waals surface area contributed by atoms with Gasteiger partial charge in [-0.2, -0.15) is 13.2 Å². The molecule has 0 amide bonds. The Morgan fingerprint density at radius 1 is 1.25 bits per heavy atom. The van der Waals surface area contributed by atoms with E-state index in [4.69, 9.17) is 0 Å². The number of aliphatic imine (C=N–C) groups is 1. The number of guanidine groups is 1. The van der Waals surface area contributed by atoms with Crippen molar-refractivity contribution in [2.75, 3.05) is 14.1 Å². The predicted molar refractivity (Wildman–Crippen MR) is 101 cm³/mol. The van der Waals surface area contributed by atoms with E-state index >= 15 is 0 Å². The molecule has 1 N–H and O–H groups in total. The van der Waals surface area contributed by atoms with Gasteiger partial charge < -0.3 is 10.2 Å². The smallest absolute Gasteiger partial charge is 0.350 e. The van der Waals surface area contributed by atoms with Crippen LogP contribution in [-0.4, -0.2) is 29.9 Å². The molecule has 0 atom stereocenters. The molecule has 0 unspecified atom stereocenters. The van der Waals surface area contributed by atoms with Gasteiger partial charge in [-0.05, 0) is 5.56 Å². The number of thiazole rings is 1. The first kappa shape index (κ1) is 20.7. The average molecular weight is 470 g/mol. The van der Waals surface area contributed by atoms with Crippen LogP contribution in [0.2, 0.25) is 0 Å². The first-order valence-electron chi connectivity index (χ1n) is 6.87. The summed E-state index contributed by atoms with van der Waals surface area (Å²) in [6.07, 6.45) is -4.40. The monoisotopic (exact) mass is 470 g/mol. The molecule has 0 bridgehead atoms. The molecule has 0 radical (unpaired) electrons. The molecule has 1 aromatic heterocycles. The summed E-state index contributed by atoms with van der Waals surface area (Å²) in [5.41, 5.74) is 0.203. The zero-order valence-electron chi connectivity index (χ0n) is 13.2. The van der Waals surface area contributed by atoms with Gasteiger partial charge in [0.1, 0.15) is 5.01 Å². The predicted octanol–water partition coefficient (Wildman–Crippen LogP) is 3.99. The van der Waals surface area contributed by atoms with Gasteiger partial charge in [0, 0.05) is 19.5 Å². The molecular formula is C15H18F3IN4S. The Hall–Kier alpha value is -1.36. The second kappa shape index (κ2) is 9.21.